The highest BCUT2D eigenvalue weighted by Gasteiger charge is 2.26. The van der Waals surface area contributed by atoms with E-state index in [2.05, 4.69) is 5.32 Å². The first-order valence-electron chi connectivity index (χ1n) is 7.01. The molecule has 0 aliphatic heterocycles. The molecule has 116 valence electrons. The summed E-state index contributed by atoms with van der Waals surface area (Å²) >= 11 is 0. The van der Waals surface area contributed by atoms with Crippen molar-refractivity contribution in [3.8, 4) is 0 Å². The van der Waals surface area contributed by atoms with Crippen molar-refractivity contribution in [1.29, 1.82) is 0 Å². The molecule has 4 nitrogen and oxygen atoms in total. The van der Waals surface area contributed by atoms with Gasteiger partial charge in [0.05, 0.1) is 6.04 Å². The standard InChI is InChI=1S/C17H18FNO3/c18-14-8-6-13(7-9-14)15(16(20)17(21)22)19-11-10-12-4-2-1-3-5-12/h1-9,15-16,19-20H,10-11H2,(H,21,22)/t15-,16+/m0/s1. The molecule has 0 spiro atoms. The van der Waals surface area contributed by atoms with Crippen LogP contribution in [0.25, 0.3) is 0 Å². The van der Waals surface area contributed by atoms with E-state index in [9.17, 15) is 14.3 Å². The second kappa shape index (κ2) is 7.68. The van der Waals surface area contributed by atoms with Crippen molar-refractivity contribution in [2.24, 2.45) is 0 Å². The molecule has 2 rings (SSSR count). The summed E-state index contributed by atoms with van der Waals surface area (Å²) in [5.41, 5.74) is 1.64. The summed E-state index contributed by atoms with van der Waals surface area (Å²) in [6.07, 6.45) is -0.897. The third-order valence-corrected chi connectivity index (χ3v) is 3.42. The topological polar surface area (TPSA) is 69.6 Å². The quantitative estimate of drug-likeness (QED) is 0.733. The van der Waals surface area contributed by atoms with Crippen molar-refractivity contribution >= 4 is 5.97 Å². The lowest BCUT2D eigenvalue weighted by molar-refractivity contribution is -0.148. The van der Waals surface area contributed by atoms with E-state index in [0.29, 0.717) is 18.5 Å². The van der Waals surface area contributed by atoms with Gasteiger partial charge in [-0.15, -0.1) is 0 Å². The summed E-state index contributed by atoms with van der Waals surface area (Å²) in [7, 11) is 0. The number of nitrogens with one attached hydrogen (secondary N) is 1. The van der Waals surface area contributed by atoms with E-state index in [1.807, 2.05) is 30.3 Å². The molecule has 0 fully saturated rings. The Hall–Kier alpha value is -2.24. The van der Waals surface area contributed by atoms with Gasteiger partial charge in [-0.05, 0) is 36.2 Å². The summed E-state index contributed by atoms with van der Waals surface area (Å²) in [5.74, 6) is -1.72. The van der Waals surface area contributed by atoms with Crippen LogP contribution in [0.15, 0.2) is 54.6 Å². The van der Waals surface area contributed by atoms with Crippen LogP contribution < -0.4 is 5.32 Å². The van der Waals surface area contributed by atoms with Crippen molar-refractivity contribution < 1.29 is 19.4 Å². The largest absolute Gasteiger partial charge is 0.479 e. The average molecular weight is 303 g/mol. The molecule has 0 aliphatic rings. The predicted octanol–water partition coefficient (Wildman–Crippen LogP) is 2.14. The molecule has 0 unspecified atom stereocenters. The fraction of sp³-hybridized carbons (Fsp3) is 0.235. The van der Waals surface area contributed by atoms with Crippen molar-refractivity contribution in [3.05, 3.63) is 71.5 Å². The molecule has 5 heteroatoms. The van der Waals surface area contributed by atoms with Gasteiger partial charge in [0, 0.05) is 0 Å². The summed E-state index contributed by atoms with van der Waals surface area (Å²) in [6, 6.07) is 14.4. The number of carboxylic acid groups (broad SMARTS) is 1. The highest BCUT2D eigenvalue weighted by molar-refractivity contribution is 5.73. The van der Waals surface area contributed by atoms with E-state index in [0.717, 1.165) is 5.56 Å². The average Bonchev–Trinajstić information content (AvgIpc) is 2.53. The molecule has 2 aromatic rings. The minimum Gasteiger partial charge on any atom is -0.479 e. The number of hydrogen-bond acceptors (Lipinski definition) is 3. The van der Waals surface area contributed by atoms with Gasteiger partial charge in [-0.1, -0.05) is 42.5 Å². The Morgan fingerprint density at radius 3 is 2.32 bits per heavy atom. The van der Waals surface area contributed by atoms with Crippen LogP contribution in [0.3, 0.4) is 0 Å². The van der Waals surface area contributed by atoms with Crippen LogP contribution in [0.2, 0.25) is 0 Å². The Bertz CT molecular complexity index is 601. The zero-order valence-corrected chi connectivity index (χ0v) is 11.9. The van der Waals surface area contributed by atoms with Gasteiger partial charge in [-0.2, -0.15) is 0 Å². The van der Waals surface area contributed by atoms with Gasteiger partial charge in [0.2, 0.25) is 0 Å². The fourth-order valence-corrected chi connectivity index (χ4v) is 2.24. The van der Waals surface area contributed by atoms with Gasteiger partial charge in [0.25, 0.3) is 0 Å². The van der Waals surface area contributed by atoms with Gasteiger partial charge >= 0.3 is 5.97 Å². The molecule has 0 saturated heterocycles. The molecule has 0 bridgehead atoms. The predicted molar refractivity (Wildman–Crippen MR) is 80.9 cm³/mol. The molecule has 3 N–H and O–H groups in total. The molecule has 0 aliphatic carbocycles. The lowest BCUT2D eigenvalue weighted by Crippen LogP contribution is -2.38. The van der Waals surface area contributed by atoms with Gasteiger partial charge < -0.3 is 15.5 Å². The Labute approximate surface area is 128 Å². The Kier molecular flexibility index (Phi) is 5.63. The highest BCUT2D eigenvalue weighted by Crippen LogP contribution is 2.18. The van der Waals surface area contributed by atoms with E-state index in [1.165, 1.54) is 24.3 Å². The maximum atomic E-state index is 13.0. The first-order valence-corrected chi connectivity index (χ1v) is 7.01. The van der Waals surface area contributed by atoms with Gasteiger partial charge in [0.1, 0.15) is 5.82 Å². The van der Waals surface area contributed by atoms with Crippen LogP contribution in [0.1, 0.15) is 17.2 Å². The Morgan fingerprint density at radius 2 is 1.73 bits per heavy atom. The first-order chi connectivity index (χ1) is 10.6. The molecule has 0 radical (unpaired) electrons. The normalized spacial score (nSPS) is 13.5. The Balaban J connectivity index is 2.05. The number of carboxylic acids is 1. The number of benzene rings is 2. The van der Waals surface area contributed by atoms with Crippen LogP contribution in [0.4, 0.5) is 4.39 Å². The van der Waals surface area contributed by atoms with Gasteiger partial charge in [-0.25, -0.2) is 9.18 Å². The molecule has 0 amide bonds. The van der Waals surface area contributed by atoms with E-state index in [-0.39, 0.29) is 0 Å². The van der Waals surface area contributed by atoms with Crippen LogP contribution in [-0.4, -0.2) is 28.8 Å². The SMILES string of the molecule is O=C(O)[C@H](O)[C@@H](NCCc1ccccc1)c1ccc(F)cc1. The third kappa shape index (κ3) is 4.38. The lowest BCUT2D eigenvalue weighted by Gasteiger charge is -2.22. The van der Waals surface area contributed by atoms with Crippen molar-refractivity contribution in [1.82, 2.24) is 5.32 Å². The number of aliphatic hydroxyl groups excluding tert-OH is 1. The fourth-order valence-electron chi connectivity index (χ4n) is 2.24. The number of rotatable bonds is 7. The van der Waals surface area contributed by atoms with E-state index in [1.54, 1.807) is 0 Å². The minimum absolute atomic E-state index is 0.406. The van der Waals surface area contributed by atoms with Gasteiger partial charge in [-0.3, -0.25) is 0 Å². The molecule has 2 aromatic carbocycles. The lowest BCUT2D eigenvalue weighted by atomic mass is 10.0. The van der Waals surface area contributed by atoms with Crippen LogP contribution in [-0.2, 0) is 11.2 Å². The van der Waals surface area contributed by atoms with Crippen LogP contribution in [0, 0.1) is 5.82 Å². The zero-order valence-electron chi connectivity index (χ0n) is 11.9. The maximum Gasteiger partial charge on any atom is 0.334 e. The van der Waals surface area contributed by atoms with E-state index >= 15 is 0 Å². The zero-order chi connectivity index (χ0) is 15.9. The minimum atomic E-state index is -1.60. The monoisotopic (exact) mass is 303 g/mol. The summed E-state index contributed by atoms with van der Waals surface area (Å²) in [4.78, 5) is 11.1. The second-order valence-electron chi connectivity index (χ2n) is 5.00. The molecule has 22 heavy (non-hydrogen) atoms. The van der Waals surface area contributed by atoms with Gasteiger partial charge in [0.15, 0.2) is 6.10 Å². The summed E-state index contributed by atoms with van der Waals surface area (Å²) in [6.45, 7) is 0.496. The van der Waals surface area contributed by atoms with Crippen molar-refractivity contribution in [2.45, 2.75) is 18.6 Å². The summed E-state index contributed by atoms with van der Waals surface area (Å²) in [5, 5.41) is 21.9. The van der Waals surface area contributed by atoms with E-state index in [4.69, 9.17) is 5.11 Å². The van der Waals surface area contributed by atoms with Crippen LogP contribution >= 0.6 is 0 Å². The van der Waals surface area contributed by atoms with Crippen molar-refractivity contribution in [3.63, 3.8) is 0 Å². The van der Waals surface area contributed by atoms with Crippen molar-refractivity contribution in [2.75, 3.05) is 6.54 Å². The molecular weight excluding hydrogens is 285 g/mol. The number of hydrogen-bond donors (Lipinski definition) is 3. The summed E-state index contributed by atoms with van der Waals surface area (Å²) < 4.78 is 13.0. The number of carbonyl (C=O) groups is 1. The molecule has 0 heterocycles. The smallest absolute Gasteiger partial charge is 0.334 e. The number of halogens is 1. The molecule has 0 aromatic heterocycles. The molecule has 2 atom stereocenters. The Morgan fingerprint density at radius 1 is 1.09 bits per heavy atom. The molecular formula is C17H18FNO3. The first kappa shape index (κ1) is 16.1. The van der Waals surface area contributed by atoms with E-state index < -0.39 is 23.9 Å². The third-order valence-electron chi connectivity index (χ3n) is 3.42. The number of aliphatic hydroxyl groups is 1. The maximum absolute atomic E-state index is 13.0. The molecule has 0 saturated carbocycles. The van der Waals surface area contributed by atoms with Crippen LogP contribution in [0.5, 0.6) is 0 Å². The highest BCUT2D eigenvalue weighted by atomic mass is 19.1. The number of aliphatic carboxylic acids is 1. The second-order valence-corrected chi connectivity index (χ2v) is 5.00.